The van der Waals surface area contributed by atoms with Crippen LogP contribution in [0.3, 0.4) is 0 Å². The van der Waals surface area contributed by atoms with Crippen LogP contribution in [0.1, 0.15) is 5.56 Å². The standard InChI is InChI=1S/C8H6BrClO2/c9-7-4-6(10)2-1-5(7)3-8(11)12/h1-2,4H,3H2,(H,11,12). The fourth-order valence-electron chi connectivity index (χ4n) is 0.828. The molecule has 0 aliphatic heterocycles. The van der Waals surface area contributed by atoms with Gasteiger partial charge in [-0.2, -0.15) is 0 Å². The molecule has 0 amide bonds. The number of aliphatic carboxylic acids is 1. The molecule has 1 N–H and O–H groups in total. The summed E-state index contributed by atoms with van der Waals surface area (Å²) < 4.78 is 0.734. The first-order valence-corrected chi connectivity index (χ1v) is 4.42. The first kappa shape index (κ1) is 9.55. The molecule has 0 atom stereocenters. The smallest absolute Gasteiger partial charge is 0.307 e. The van der Waals surface area contributed by atoms with Crippen molar-refractivity contribution in [3.63, 3.8) is 0 Å². The summed E-state index contributed by atoms with van der Waals surface area (Å²) >= 11 is 8.90. The van der Waals surface area contributed by atoms with Crippen LogP contribution in [-0.2, 0) is 11.2 Å². The molecule has 1 rings (SSSR count). The Hall–Kier alpha value is -0.540. The molecular formula is C8H6BrClO2. The Labute approximate surface area is 83.3 Å². The topological polar surface area (TPSA) is 37.3 Å². The minimum atomic E-state index is -0.849. The van der Waals surface area contributed by atoms with E-state index in [1.165, 1.54) is 0 Å². The van der Waals surface area contributed by atoms with Gasteiger partial charge in [0.05, 0.1) is 6.42 Å². The van der Waals surface area contributed by atoms with Crippen LogP contribution in [0.25, 0.3) is 0 Å². The lowest BCUT2D eigenvalue weighted by Crippen LogP contribution is -2.00. The molecule has 1 aromatic carbocycles. The lowest BCUT2D eigenvalue weighted by atomic mass is 10.2. The van der Waals surface area contributed by atoms with E-state index in [4.69, 9.17) is 16.7 Å². The number of hydrogen-bond acceptors (Lipinski definition) is 1. The summed E-state index contributed by atoms with van der Waals surface area (Å²) in [5, 5.41) is 9.10. The molecule has 4 heteroatoms. The highest BCUT2D eigenvalue weighted by atomic mass is 79.9. The molecule has 0 unspecified atom stereocenters. The molecule has 0 saturated heterocycles. The molecule has 0 fully saturated rings. The summed E-state index contributed by atoms with van der Waals surface area (Å²) in [5.41, 5.74) is 0.729. The van der Waals surface area contributed by atoms with E-state index >= 15 is 0 Å². The van der Waals surface area contributed by atoms with Crippen molar-refractivity contribution in [3.8, 4) is 0 Å². The number of carboxylic acid groups (broad SMARTS) is 1. The van der Waals surface area contributed by atoms with E-state index in [2.05, 4.69) is 15.9 Å². The van der Waals surface area contributed by atoms with Gasteiger partial charge in [-0.3, -0.25) is 4.79 Å². The zero-order chi connectivity index (χ0) is 9.14. The first-order chi connectivity index (χ1) is 5.59. The average Bonchev–Trinajstić information content (AvgIpc) is 1.94. The van der Waals surface area contributed by atoms with Crippen molar-refractivity contribution in [3.05, 3.63) is 33.3 Å². The van der Waals surface area contributed by atoms with Crippen molar-refractivity contribution in [2.45, 2.75) is 6.42 Å². The van der Waals surface area contributed by atoms with E-state index in [1.54, 1.807) is 18.2 Å². The maximum Gasteiger partial charge on any atom is 0.307 e. The van der Waals surface area contributed by atoms with Crippen LogP contribution in [0, 0.1) is 0 Å². The molecule has 0 aromatic heterocycles. The van der Waals surface area contributed by atoms with Crippen LogP contribution < -0.4 is 0 Å². The fourth-order valence-corrected chi connectivity index (χ4v) is 1.65. The minimum absolute atomic E-state index is 0.0117. The zero-order valence-corrected chi connectivity index (χ0v) is 8.39. The molecule has 1 aromatic rings. The maximum atomic E-state index is 10.4. The SMILES string of the molecule is O=C(O)Cc1ccc(Cl)cc1Br. The van der Waals surface area contributed by atoms with Gasteiger partial charge in [0.15, 0.2) is 0 Å². The first-order valence-electron chi connectivity index (χ1n) is 3.25. The van der Waals surface area contributed by atoms with Gasteiger partial charge in [0.1, 0.15) is 0 Å². The molecule has 0 saturated carbocycles. The summed E-state index contributed by atoms with van der Waals surface area (Å²) in [6.45, 7) is 0. The van der Waals surface area contributed by atoms with Gasteiger partial charge in [-0.05, 0) is 17.7 Å². The van der Waals surface area contributed by atoms with Crippen LogP contribution in [0.2, 0.25) is 5.02 Å². The minimum Gasteiger partial charge on any atom is -0.481 e. The largest absolute Gasteiger partial charge is 0.481 e. The Morgan fingerprint density at radius 1 is 1.58 bits per heavy atom. The molecule has 2 nitrogen and oxygen atoms in total. The normalized spacial score (nSPS) is 9.83. The molecular weight excluding hydrogens is 243 g/mol. The van der Waals surface area contributed by atoms with Gasteiger partial charge in [-0.15, -0.1) is 0 Å². The predicted molar refractivity (Wildman–Crippen MR) is 50.5 cm³/mol. The van der Waals surface area contributed by atoms with E-state index in [0.29, 0.717) is 5.02 Å². The van der Waals surface area contributed by atoms with Gasteiger partial charge in [0.2, 0.25) is 0 Å². The monoisotopic (exact) mass is 248 g/mol. The van der Waals surface area contributed by atoms with Crippen molar-refractivity contribution >= 4 is 33.5 Å². The van der Waals surface area contributed by atoms with Gasteiger partial charge in [0.25, 0.3) is 0 Å². The Balaban J connectivity index is 2.93. The molecule has 0 bridgehead atoms. The summed E-state index contributed by atoms with van der Waals surface area (Å²) in [6.07, 6.45) is 0.0117. The zero-order valence-electron chi connectivity index (χ0n) is 6.05. The number of benzene rings is 1. The third-order valence-corrected chi connectivity index (χ3v) is 2.33. The molecule has 0 aliphatic rings. The van der Waals surface area contributed by atoms with Crippen molar-refractivity contribution < 1.29 is 9.90 Å². The van der Waals surface area contributed by atoms with E-state index in [1.807, 2.05) is 0 Å². The molecule has 64 valence electrons. The van der Waals surface area contributed by atoms with E-state index in [-0.39, 0.29) is 6.42 Å². The summed E-state index contributed by atoms with van der Waals surface area (Å²) in [4.78, 5) is 10.4. The third kappa shape index (κ3) is 2.50. The number of hydrogen-bond donors (Lipinski definition) is 1. The van der Waals surface area contributed by atoms with Gasteiger partial charge in [-0.25, -0.2) is 0 Å². The van der Waals surface area contributed by atoms with Crippen molar-refractivity contribution in [1.29, 1.82) is 0 Å². The molecule has 0 heterocycles. The number of halogens is 2. The van der Waals surface area contributed by atoms with Crippen LogP contribution in [0.15, 0.2) is 22.7 Å². The van der Waals surface area contributed by atoms with E-state index in [9.17, 15) is 4.79 Å². The van der Waals surface area contributed by atoms with Crippen molar-refractivity contribution in [2.24, 2.45) is 0 Å². The molecule has 0 spiro atoms. The molecule has 12 heavy (non-hydrogen) atoms. The van der Waals surface area contributed by atoms with Gasteiger partial charge >= 0.3 is 5.97 Å². The Bertz CT molecular complexity index is 312. The number of rotatable bonds is 2. The van der Waals surface area contributed by atoms with Gasteiger partial charge in [-0.1, -0.05) is 33.6 Å². The fraction of sp³-hybridized carbons (Fsp3) is 0.125. The Morgan fingerprint density at radius 3 is 2.75 bits per heavy atom. The molecule has 0 radical (unpaired) electrons. The highest BCUT2D eigenvalue weighted by Crippen LogP contribution is 2.21. The maximum absolute atomic E-state index is 10.4. The lowest BCUT2D eigenvalue weighted by Gasteiger charge is -2.00. The summed E-state index contributed by atoms with van der Waals surface area (Å²) in [6, 6.07) is 5.05. The highest BCUT2D eigenvalue weighted by Gasteiger charge is 2.04. The predicted octanol–water partition coefficient (Wildman–Crippen LogP) is 2.73. The van der Waals surface area contributed by atoms with Crippen LogP contribution in [0.4, 0.5) is 0 Å². The number of carbonyl (C=O) groups is 1. The van der Waals surface area contributed by atoms with Crippen molar-refractivity contribution in [1.82, 2.24) is 0 Å². The second kappa shape index (κ2) is 3.92. The van der Waals surface area contributed by atoms with Crippen molar-refractivity contribution in [2.75, 3.05) is 0 Å². The van der Waals surface area contributed by atoms with Gasteiger partial charge < -0.3 is 5.11 Å². The molecule has 0 aliphatic carbocycles. The highest BCUT2D eigenvalue weighted by molar-refractivity contribution is 9.10. The third-order valence-electron chi connectivity index (χ3n) is 1.36. The van der Waals surface area contributed by atoms with Crippen LogP contribution >= 0.6 is 27.5 Å². The second-order valence-electron chi connectivity index (χ2n) is 2.31. The Kier molecular flexibility index (Phi) is 3.12. The summed E-state index contributed by atoms with van der Waals surface area (Å²) in [7, 11) is 0. The average molecular weight is 249 g/mol. The van der Waals surface area contributed by atoms with Crippen LogP contribution in [-0.4, -0.2) is 11.1 Å². The second-order valence-corrected chi connectivity index (χ2v) is 3.60. The van der Waals surface area contributed by atoms with E-state index < -0.39 is 5.97 Å². The van der Waals surface area contributed by atoms with Crippen LogP contribution in [0.5, 0.6) is 0 Å². The lowest BCUT2D eigenvalue weighted by molar-refractivity contribution is -0.136. The van der Waals surface area contributed by atoms with Gasteiger partial charge in [0, 0.05) is 9.50 Å². The summed E-state index contributed by atoms with van der Waals surface area (Å²) in [5.74, 6) is -0.849. The van der Waals surface area contributed by atoms with E-state index in [0.717, 1.165) is 10.0 Å². The Morgan fingerprint density at radius 2 is 2.25 bits per heavy atom. The quantitative estimate of drug-likeness (QED) is 0.875. The number of carboxylic acids is 1.